The van der Waals surface area contributed by atoms with Gasteiger partial charge in [0, 0.05) is 24.0 Å². The standard InChI is InChI=1S/C30H54N3O8P/c1-23(32-42(37)40-22-30(2,3)27(41-42)28(35)31-19-17-26(34)38-4)29(36)39-21-18-25-16-12-13-20-33(25)24-14-10-8-6-5-7-9-11-15-24/h23-25,27H,5-22H2,1-4H3,(H,31,35)(H,32,37)/t23-,25?,27-,42+/m0/s1. The summed E-state index contributed by atoms with van der Waals surface area (Å²) in [7, 11) is -2.71. The first-order valence-corrected chi connectivity index (χ1v) is 17.6. The van der Waals surface area contributed by atoms with Crippen LogP contribution in [0.5, 0.6) is 0 Å². The van der Waals surface area contributed by atoms with Crippen LogP contribution < -0.4 is 10.4 Å². The van der Waals surface area contributed by atoms with E-state index in [1.807, 2.05) is 0 Å². The Hall–Kier alpha value is -1.52. The zero-order valence-corrected chi connectivity index (χ0v) is 27.1. The minimum absolute atomic E-state index is 0.00392. The highest BCUT2D eigenvalue weighted by Crippen LogP contribution is 2.53. The third-order valence-electron chi connectivity index (χ3n) is 8.77. The zero-order valence-electron chi connectivity index (χ0n) is 26.2. The number of methoxy groups -OCH3 is 1. The summed E-state index contributed by atoms with van der Waals surface area (Å²) >= 11 is 0. The largest absolute Gasteiger partial charge is 0.469 e. The topological polar surface area (TPSA) is 132 Å². The van der Waals surface area contributed by atoms with Gasteiger partial charge in [-0.15, -0.1) is 0 Å². The minimum Gasteiger partial charge on any atom is -0.469 e. The lowest BCUT2D eigenvalue weighted by molar-refractivity contribution is -0.146. The van der Waals surface area contributed by atoms with Gasteiger partial charge in [0.2, 0.25) is 5.91 Å². The fourth-order valence-corrected chi connectivity index (χ4v) is 8.17. The van der Waals surface area contributed by atoms with Gasteiger partial charge in [-0.3, -0.25) is 28.3 Å². The van der Waals surface area contributed by atoms with Gasteiger partial charge >= 0.3 is 19.7 Å². The molecule has 0 aromatic rings. The second-order valence-corrected chi connectivity index (χ2v) is 14.5. The number of esters is 2. The van der Waals surface area contributed by atoms with Crippen LogP contribution in [0.3, 0.4) is 0 Å². The molecule has 0 aromatic carbocycles. The van der Waals surface area contributed by atoms with E-state index in [1.165, 1.54) is 77.7 Å². The number of nitrogens with one attached hydrogen (secondary N) is 2. The van der Waals surface area contributed by atoms with Gasteiger partial charge in [0.1, 0.15) is 6.04 Å². The molecular weight excluding hydrogens is 561 g/mol. The van der Waals surface area contributed by atoms with Crippen molar-refractivity contribution in [3.63, 3.8) is 0 Å². The monoisotopic (exact) mass is 615 g/mol. The lowest BCUT2D eigenvalue weighted by Crippen LogP contribution is -2.51. The number of carbonyl (C=O) groups excluding carboxylic acids is 3. The number of likely N-dealkylation sites (tertiary alicyclic amines) is 1. The summed E-state index contributed by atoms with van der Waals surface area (Å²) in [4.78, 5) is 39.7. The lowest BCUT2D eigenvalue weighted by atomic mass is 9.87. The summed E-state index contributed by atoms with van der Waals surface area (Å²) in [6.07, 6.45) is 15.1. The Balaban J connectivity index is 1.48. The normalized spacial score (nSPS) is 28.8. The smallest absolute Gasteiger partial charge is 0.407 e. The molecule has 2 saturated heterocycles. The van der Waals surface area contributed by atoms with E-state index in [2.05, 4.69) is 20.0 Å². The van der Waals surface area contributed by atoms with Crippen molar-refractivity contribution in [3.05, 3.63) is 0 Å². The third kappa shape index (κ3) is 10.9. The van der Waals surface area contributed by atoms with E-state index in [0.717, 1.165) is 19.4 Å². The molecule has 2 aliphatic heterocycles. The van der Waals surface area contributed by atoms with Crippen molar-refractivity contribution < 1.29 is 37.5 Å². The number of hydrogen-bond donors (Lipinski definition) is 2. The number of ether oxygens (including phenoxy) is 2. The first kappa shape index (κ1) is 35.0. The molecule has 242 valence electrons. The molecule has 3 fully saturated rings. The average Bonchev–Trinajstić information content (AvgIpc) is 2.97. The molecule has 1 aliphatic carbocycles. The van der Waals surface area contributed by atoms with Crippen molar-refractivity contribution in [3.8, 4) is 0 Å². The molecule has 3 rings (SSSR count). The van der Waals surface area contributed by atoms with Crippen LogP contribution in [0, 0.1) is 5.41 Å². The number of nitrogens with zero attached hydrogens (tertiary/aromatic N) is 1. The van der Waals surface area contributed by atoms with E-state index < -0.39 is 43.2 Å². The highest BCUT2D eigenvalue weighted by molar-refractivity contribution is 7.51. The highest BCUT2D eigenvalue weighted by atomic mass is 31.2. The van der Waals surface area contributed by atoms with Crippen LogP contribution in [0.1, 0.15) is 111 Å². The Morgan fingerprint density at radius 1 is 1.00 bits per heavy atom. The Morgan fingerprint density at radius 3 is 2.31 bits per heavy atom. The van der Waals surface area contributed by atoms with E-state index in [1.54, 1.807) is 20.8 Å². The Bertz CT molecular complexity index is 922. The third-order valence-corrected chi connectivity index (χ3v) is 10.4. The molecule has 2 N–H and O–H groups in total. The van der Waals surface area contributed by atoms with Crippen molar-refractivity contribution in [2.24, 2.45) is 5.41 Å². The Morgan fingerprint density at radius 2 is 1.64 bits per heavy atom. The second kappa shape index (κ2) is 17.1. The second-order valence-electron chi connectivity index (χ2n) is 12.8. The molecule has 0 radical (unpaired) electrons. The van der Waals surface area contributed by atoms with Gasteiger partial charge in [0.05, 0.1) is 26.7 Å². The van der Waals surface area contributed by atoms with Crippen LogP contribution in [0.15, 0.2) is 0 Å². The number of piperidine rings is 1. The Kier molecular flexibility index (Phi) is 14.2. The van der Waals surface area contributed by atoms with Gasteiger partial charge in [-0.25, -0.2) is 9.65 Å². The van der Waals surface area contributed by atoms with Crippen LogP contribution in [0.2, 0.25) is 0 Å². The average molecular weight is 616 g/mol. The van der Waals surface area contributed by atoms with Crippen molar-refractivity contribution in [1.82, 2.24) is 15.3 Å². The lowest BCUT2D eigenvalue weighted by Gasteiger charge is -2.42. The summed E-state index contributed by atoms with van der Waals surface area (Å²) in [5, 5.41) is 5.27. The molecule has 2 heterocycles. The van der Waals surface area contributed by atoms with Crippen LogP contribution >= 0.6 is 7.75 Å². The molecular formula is C30H54N3O8P. The Labute approximate surface area is 252 Å². The molecule has 1 saturated carbocycles. The summed E-state index contributed by atoms with van der Waals surface area (Å²) in [6, 6.07) is 0.0675. The first-order chi connectivity index (χ1) is 20.0. The van der Waals surface area contributed by atoms with E-state index in [4.69, 9.17) is 13.8 Å². The minimum atomic E-state index is -3.98. The zero-order chi connectivity index (χ0) is 30.6. The van der Waals surface area contributed by atoms with Crippen molar-refractivity contribution in [2.45, 2.75) is 135 Å². The van der Waals surface area contributed by atoms with Gasteiger partial charge in [0.25, 0.3) is 0 Å². The summed E-state index contributed by atoms with van der Waals surface area (Å²) in [6.45, 7) is 6.51. The van der Waals surface area contributed by atoms with Gasteiger partial charge in [-0.2, -0.15) is 0 Å². The molecule has 42 heavy (non-hydrogen) atoms. The molecule has 12 heteroatoms. The number of rotatable bonds is 11. The van der Waals surface area contributed by atoms with Crippen LogP contribution in [0.25, 0.3) is 0 Å². The molecule has 1 unspecified atom stereocenters. The molecule has 3 aliphatic rings. The predicted molar refractivity (Wildman–Crippen MR) is 160 cm³/mol. The maximum absolute atomic E-state index is 13.4. The van der Waals surface area contributed by atoms with Gasteiger partial charge in [-0.05, 0) is 45.6 Å². The van der Waals surface area contributed by atoms with Crippen LogP contribution in [-0.4, -0.2) is 80.4 Å². The number of amides is 1. The molecule has 0 bridgehead atoms. The van der Waals surface area contributed by atoms with Gasteiger partial charge in [0.15, 0.2) is 6.10 Å². The fraction of sp³-hybridized carbons (Fsp3) is 0.900. The number of hydrogen-bond acceptors (Lipinski definition) is 9. The summed E-state index contributed by atoms with van der Waals surface area (Å²) < 4.78 is 34.8. The quantitative estimate of drug-likeness (QED) is 0.245. The van der Waals surface area contributed by atoms with E-state index in [-0.39, 0.29) is 19.6 Å². The maximum Gasteiger partial charge on any atom is 0.407 e. The molecule has 1 amide bonds. The predicted octanol–water partition coefficient (Wildman–Crippen LogP) is 4.87. The van der Waals surface area contributed by atoms with E-state index >= 15 is 0 Å². The van der Waals surface area contributed by atoms with Crippen molar-refractivity contribution >= 4 is 25.6 Å². The van der Waals surface area contributed by atoms with E-state index in [0.29, 0.717) is 18.7 Å². The highest BCUT2D eigenvalue weighted by Gasteiger charge is 2.49. The maximum atomic E-state index is 13.4. The van der Waals surface area contributed by atoms with Crippen LogP contribution in [-0.2, 0) is 37.5 Å². The van der Waals surface area contributed by atoms with E-state index in [9.17, 15) is 18.9 Å². The van der Waals surface area contributed by atoms with Gasteiger partial charge in [-0.1, -0.05) is 65.2 Å². The van der Waals surface area contributed by atoms with Crippen molar-refractivity contribution in [2.75, 3.05) is 33.4 Å². The van der Waals surface area contributed by atoms with Crippen molar-refractivity contribution in [1.29, 1.82) is 0 Å². The SMILES string of the molecule is COC(=O)CCNC(=O)[C@@H]1O[P@@](=O)(N[C@@H](C)C(=O)OCCC2CCCCN2C2CCCCCCCCC2)OCC1(C)C. The first-order valence-electron chi connectivity index (χ1n) is 16.0. The molecule has 11 nitrogen and oxygen atoms in total. The summed E-state index contributed by atoms with van der Waals surface area (Å²) in [5.74, 6) is -1.51. The number of carbonyl (C=O) groups is 3. The fourth-order valence-electron chi connectivity index (χ4n) is 6.24. The van der Waals surface area contributed by atoms with Gasteiger partial charge < -0.3 is 14.8 Å². The summed E-state index contributed by atoms with van der Waals surface area (Å²) in [5.41, 5.74) is -0.782. The van der Waals surface area contributed by atoms with Crippen LogP contribution in [0.4, 0.5) is 0 Å². The molecule has 4 atom stereocenters. The molecule has 0 spiro atoms. The molecule has 0 aromatic heterocycles.